The molecule has 26 heavy (non-hydrogen) atoms. The van der Waals surface area contributed by atoms with Crippen LogP contribution in [0.3, 0.4) is 0 Å². The summed E-state index contributed by atoms with van der Waals surface area (Å²) < 4.78 is 10.6. The Kier molecular flexibility index (Phi) is 4.99. The fourth-order valence-electron chi connectivity index (χ4n) is 2.28. The quantitative estimate of drug-likeness (QED) is 0.636. The molecule has 0 aliphatic rings. The van der Waals surface area contributed by atoms with Gasteiger partial charge in [0, 0.05) is 10.9 Å². The van der Waals surface area contributed by atoms with Crippen LogP contribution in [0.5, 0.6) is 5.75 Å². The van der Waals surface area contributed by atoms with E-state index in [2.05, 4.69) is 9.97 Å². The summed E-state index contributed by atoms with van der Waals surface area (Å²) in [5.74, 6) is -1.58. The van der Waals surface area contributed by atoms with E-state index in [1.165, 1.54) is 11.3 Å². The Morgan fingerprint density at radius 3 is 2.65 bits per heavy atom. The van der Waals surface area contributed by atoms with E-state index in [9.17, 15) is 14.4 Å². The van der Waals surface area contributed by atoms with Crippen molar-refractivity contribution in [2.24, 2.45) is 0 Å². The summed E-state index contributed by atoms with van der Waals surface area (Å²) in [7, 11) is 0. The predicted octanol–water partition coefficient (Wildman–Crippen LogP) is 2.44. The molecule has 2 N–H and O–H groups in total. The number of carbonyl (C=O) groups is 2. The average molecular weight is 374 g/mol. The molecule has 0 unspecified atom stereocenters. The minimum absolute atomic E-state index is 0.107. The molecule has 0 bridgehead atoms. The van der Waals surface area contributed by atoms with Crippen LogP contribution in [-0.4, -0.2) is 33.6 Å². The van der Waals surface area contributed by atoms with E-state index in [-0.39, 0.29) is 6.61 Å². The van der Waals surface area contributed by atoms with Gasteiger partial charge in [0.15, 0.2) is 0 Å². The second-order valence-corrected chi connectivity index (χ2v) is 6.05. The second-order valence-electron chi connectivity index (χ2n) is 5.19. The Morgan fingerprint density at radius 2 is 2.00 bits per heavy atom. The molecule has 3 aromatic rings. The first-order valence-corrected chi connectivity index (χ1v) is 8.51. The number of benzene rings is 1. The Balaban J connectivity index is 1.77. The Morgan fingerprint density at radius 1 is 1.27 bits per heavy atom. The largest absolute Gasteiger partial charge is 0.489 e. The third-order valence-corrected chi connectivity index (χ3v) is 4.40. The zero-order valence-electron chi connectivity index (χ0n) is 13.6. The van der Waals surface area contributed by atoms with Gasteiger partial charge in [-0.15, -0.1) is 11.3 Å². The van der Waals surface area contributed by atoms with E-state index in [0.717, 1.165) is 0 Å². The van der Waals surface area contributed by atoms with Crippen LogP contribution < -0.4 is 10.3 Å². The van der Waals surface area contributed by atoms with Crippen LogP contribution in [0.15, 0.2) is 34.4 Å². The van der Waals surface area contributed by atoms with Gasteiger partial charge in [0.05, 0.1) is 17.6 Å². The number of carboxylic acids is 1. The summed E-state index contributed by atoms with van der Waals surface area (Å²) in [5.41, 5.74) is 0.497. The first-order valence-electron chi connectivity index (χ1n) is 7.63. The number of aromatic amines is 1. The molecule has 2 aromatic heterocycles. The summed E-state index contributed by atoms with van der Waals surface area (Å²) in [5, 5.41) is 10.9. The molecule has 0 spiro atoms. The molecule has 3 rings (SSSR count). The number of carboxylic acid groups (broad SMARTS) is 1. The third-order valence-electron chi connectivity index (χ3n) is 3.48. The van der Waals surface area contributed by atoms with Gasteiger partial charge in [0.25, 0.3) is 5.56 Å². The van der Waals surface area contributed by atoms with Crippen molar-refractivity contribution in [3.05, 3.63) is 57.0 Å². The lowest BCUT2D eigenvalue weighted by Crippen LogP contribution is -2.15. The number of hydrogen-bond donors (Lipinski definition) is 2. The van der Waals surface area contributed by atoms with Crippen LogP contribution in [0.1, 0.15) is 33.5 Å². The molecule has 1 aromatic carbocycles. The van der Waals surface area contributed by atoms with Crippen molar-refractivity contribution in [1.29, 1.82) is 0 Å². The number of aromatic nitrogens is 2. The predicted molar refractivity (Wildman–Crippen MR) is 93.9 cm³/mol. The molecular weight excluding hydrogens is 360 g/mol. The highest BCUT2D eigenvalue weighted by Crippen LogP contribution is 2.23. The summed E-state index contributed by atoms with van der Waals surface area (Å²) in [4.78, 5) is 41.2. The van der Waals surface area contributed by atoms with Gasteiger partial charge >= 0.3 is 11.9 Å². The van der Waals surface area contributed by atoms with Crippen molar-refractivity contribution in [3.63, 3.8) is 0 Å². The number of esters is 1. The third kappa shape index (κ3) is 3.57. The molecule has 2 heterocycles. The monoisotopic (exact) mass is 374 g/mol. The number of nitrogens with one attached hydrogen (secondary N) is 1. The lowest BCUT2D eigenvalue weighted by atomic mass is 10.2. The molecule has 0 saturated heterocycles. The maximum atomic E-state index is 12.1. The molecule has 0 aliphatic carbocycles. The highest BCUT2D eigenvalue weighted by Gasteiger charge is 2.15. The standard InChI is InChI=1S/C17H14N2O6S/c1-2-24-17(23)9-3-5-11(6-4-9)25-7-10-8-26-15-12(10)14(20)18-13(19-15)16(21)22/h3-6,8H,2,7H2,1H3,(H,21,22)(H,18,19,20). The minimum Gasteiger partial charge on any atom is -0.489 e. The first-order chi connectivity index (χ1) is 12.5. The maximum Gasteiger partial charge on any atom is 0.372 e. The topological polar surface area (TPSA) is 119 Å². The van der Waals surface area contributed by atoms with E-state index in [0.29, 0.717) is 33.7 Å². The lowest BCUT2D eigenvalue weighted by Gasteiger charge is -2.06. The van der Waals surface area contributed by atoms with Gasteiger partial charge in [-0.3, -0.25) is 4.79 Å². The molecule has 134 valence electrons. The zero-order chi connectivity index (χ0) is 18.7. The van der Waals surface area contributed by atoms with E-state index in [1.54, 1.807) is 36.6 Å². The molecule has 0 aliphatic heterocycles. The number of nitrogens with zero attached hydrogens (tertiary/aromatic N) is 1. The van der Waals surface area contributed by atoms with E-state index >= 15 is 0 Å². The molecule has 9 heteroatoms. The molecule has 8 nitrogen and oxygen atoms in total. The van der Waals surface area contributed by atoms with Crippen molar-refractivity contribution in [2.45, 2.75) is 13.5 Å². The number of aromatic carboxylic acids is 1. The van der Waals surface area contributed by atoms with Gasteiger partial charge < -0.3 is 19.6 Å². The van der Waals surface area contributed by atoms with Crippen molar-refractivity contribution in [3.8, 4) is 5.75 Å². The summed E-state index contributed by atoms with van der Waals surface area (Å²) in [6.07, 6.45) is 0. The van der Waals surface area contributed by atoms with Gasteiger partial charge in [-0.05, 0) is 31.2 Å². The second kappa shape index (κ2) is 7.36. The molecule has 0 atom stereocenters. The lowest BCUT2D eigenvalue weighted by molar-refractivity contribution is 0.0525. The van der Waals surface area contributed by atoms with E-state index in [4.69, 9.17) is 14.6 Å². The van der Waals surface area contributed by atoms with Crippen molar-refractivity contribution < 1.29 is 24.2 Å². The molecule has 0 radical (unpaired) electrons. The highest BCUT2D eigenvalue weighted by molar-refractivity contribution is 7.16. The number of ether oxygens (including phenoxy) is 2. The highest BCUT2D eigenvalue weighted by atomic mass is 32.1. The summed E-state index contributed by atoms with van der Waals surface area (Å²) in [6.45, 7) is 2.14. The maximum absolute atomic E-state index is 12.1. The molecular formula is C17H14N2O6S. The van der Waals surface area contributed by atoms with Gasteiger partial charge in [-0.25, -0.2) is 14.6 Å². The van der Waals surface area contributed by atoms with Crippen LogP contribution in [0.25, 0.3) is 10.2 Å². The fourth-order valence-corrected chi connectivity index (χ4v) is 3.20. The molecule has 0 fully saturated rings. The number of hydrogen-bond acceptors (Lipinski definition) is 7. The Labute approximate surface area is 151 Å². The first kappa shape index (κ1) is 17.6. The number of fused-ring (bicyclic) bond motifs is 1. The normalized spacial score (nSPS) is 10.7. The van der Waals surface area contributed by atoms with Crippen molar-refractivity contribution >= 4 is 33.5 Å². The van der Waals surface area contributed by atoms with Crippen LogP contribution in [0.2, 0.25) is 0 Å². The number of rotatable bonds is 6. The molecule has 0 amide bonds. The van der Waals surface area contributed by atoms with Gasteiger partial charge in [-0.2, -0.15) is 0 Å². The van der Waals surface area contributed by atoms with Crippen LogP contribution in [0.4, 0.5) is 0 Å². The van der Waals surface area contributed by atoms with Crippen molar-refractivity contribution in [1.82, 2.24) is 9.97 Å². The number of thiophene rings is 1. The Hall–Kier alpha value is -3.20. The SMILES string of the molecule is CCOC(=O)c1ccc(OCc2csc3nc(C(=O)O)[nH]c(=O)c23)cc1. The van der Waals surface area contributed by atoms with Gasteiger partial charge in [-0.1, -0.05) is 0 Å². The fraction of sp³-hybridized carbons (Fsp3) is 0.176. The van der Waals surface area contributed by atoms with Gasteiger partial charge in [0.1, 0.15) is 17.2 Å². The smallest absolute Gasteiger partial charge is 0.372 e. The zero-order valence-corrected chi connectivity index (χ0v) is 14.5. The van der Waals surface area contributed by atoms with Crippen LogP contribution in [0, 0.1) is 0 Å². The Bertz CT molecular complexity index is 1020. The summed E-state index contributed by atoms with van der Waals surface area (Å²) in [6, 6.07) is 6.44. The van der Waals surface area contributed by atoms with Gasteiger partial charge in [0.2, 0.25) is 5.82 Å². The number of carbonyl (C=O) groups excluding carboxylic acids is 1. The average Bonchev–Trinajstić information content (AvgIpc) is 3.04. The molecule has 0 saturated carbocycles. The summed E-state index contributed by atoms with van der Waals surface area (Å²) >= 11 is 1.17. The van der Waals surface area contributed by atoms with E-state index < -0.39 is 23.3 Å². The van der Waals surface area contributed by atoms with Crippen LogP contribution in [-0.2, 0) is 11.3 Å². The van der Waals surface area contributed by atoms with E-state index in [1.807, 2.05) is 0 Å². The van der Waals surface area contributed by atoms with Crippen molar-refractivity contribution in [2.75, 3.05) is 6.61 Å². The minimum atomic E-state index is -1.29. The number of H-pyrrole nitrogens is 1. The van der Waals surface area contributed by atoms with Crippen LogP contribution >= 0.6 is 11.3 Å².